The molecule has 0 saturated carbocycles. The molecule has 0 bridgehead atoms. The van der Waals surface area contributed by atoms with Crippen molar-refractivity contribution in [3.63, 3.8) is 0 Å². The molecule has 0 aromatic rings. The van der Waals surface area contributed by atoms with E-state index in [4.69, 9.17) is 10.8 Å². The molecule has 8 nitrogen and oxygen atoms in total. The summed E-state index contributed by atoms with van der Waals surface area (Å²) in [6, 6.07) is -1.69. The van der Waals surface area contributed by atoms with Crippen LogP contribution in [0.5, 0.6) is 0 Å². The van der Waals surface area contributed by atoms with Gasteiger partial charge in [-0.1, -0.05) is 13.8 Å². The SMILES string of the molecule is CC(C)CC(NC(=O)[C@H](CCCC(=O)O)NC=O)C(N)=O. The monoisotopic (exact) mass is 301 g/mol. The van der Waals surface area contributed by atoms with Gasteiger partial charge in [-0.05, 0) is 25.2 Å². The number of rotatable bonds is 11. The van der Waals surface area contributed by atoms with Crippen LogP contribution in [0, 0.1) is 5.92 Å². The molecule has 0 rings (SSSR count). The maximum absolute atomic E-state index is 12.0. The highest BCUT2D eigenvalue weighted by Crippen LogP contribution is 2.06. The average Bonchev–Trinajstić information content (AvgIpc) is 2.35. The molecule has 0 spiro atoms. The third kappa shape index (κ3) is 8.61. The molecule has 5 N–H and O–H groups in total. The number of carbonyl (C=O) groups excluding carboxylic acids is 3. The zero-order chi connectivity index (χ0) is 16.4. The summed E-state index contributed by atoms with van der Waals surface area (Å²) >= 11 is 0. The predicted molar refractivity (Wildman–Crippen MR) is 75.1 cm³/mol. The molecule has 2 atom stereocenters. The molecular formula is C13H23N3O5. The summed E-state index contributed by atoms with van der Waals surface area (Å²) in [5.74, 6) is -2.01. The molecule has 3 amide bonds. The highest BCUT2D eigenvalue weighted by atomic mass is 16.4. The Morgan fingerprint density at radius 1 is 1.24 bits per heavy atom. The van der Waals surface area contributed by atoms with E-state index in [0.717, 1.165) is 0 Å². The summed E-state index contributed by atoms with van der Waals surface area (Å²) in [5.41, 5.74) is 5.23. The van der Waals surface area contributed by atoms with Crippen LogP contribution in [0.2, 0.25) is 0 Å². The molecule has 0 heterocycles. The Labute approximate surface area is 123 Å². The summed E-state index contributed by atoms with van der Waals surface area (Å²) in [4.78, 5) is 44.3. The fourth-order valence-electron chi connectivity index (χ4n) is 1.82. The molecule has 1 unspecified atom stereocenters. The van der Waals surface area contributed by atoms with E-state index in [1.54, 1.807) is 0 Å². The van der Waals surface area contributed by atoms with Gasteiger partial charge in [0.1, 0.15) is 12.1 Å². The van der Waals surface area contributed by atoms with Gasteiger partial charge in [0.2, 0.25) is 18.2 Å². The van der Waals surface area contributed by atoms with Crippen molar-refractivity contribution in [2.75, 3.05) is 0 Å². The van der Waals surface area contributed by atoms with Gasteiger partial charge < -0.3 is 21.5 Å². The number of aliphatic carboxylic acids is 1. The molecule has 0 fully saturated rings. The van der Waals surface area contributed by atoms with E-state index in [9.17, 15) is 19.2 Å². The standard InChI is InChI=1S/C13H23N3O5/c1-8(2)6-10(12(14)20)16-13(21)9(15-7-17)4-3-5-11(18)19/h7-10H,3-6H2,1-2H3,(H2,14,20)(H,15,17)(H,16,21)(H,18,19)/t9-,10?/m0/s1. The third-order valence-corrected chi connectivity index (χ3v) is 2.84. The Kier molecular flexibility index (Phi) is 8.75. The van der Waals surface area contributed by atoms with Gasteiger partial charge in [0.15, 0.2) is 0 Å². The summed E-state index contributed by atoms with van der Waals surface area (Å²) in [7, 11) is 0. The normalized spacial score (nSPS) is 13.3. The van der Waals surface area contributed by atoms with Crippen molar-refractivity contribution in [1.29, 1.82) is 0 Å². The van der Waals surface area contributed by atoms with Gasteiger partial charge in [-0.3, -0.25) is 19.2 Å². The zero-order valence-electron chi connectivity index (χ0n) is 12.3. The largest absolute Gasteiger partial charge is 0.481 e. The summed E-state index contributed by atoms with van der Waals surface area (Å²) < 4.78 is 0. The Morgan fingerprint density at radius 3 is 2.29 bits per heavy atom. The van der Waals surface area contributed by atoms with Gasteiger partial charge in [0, 0.05) is 6.42 Å². The van der Waals surface area contributed by atoms with Crippen molar-refractivity contribution in [2.24, 2.45) is 11.7 Å². The Morgan fingerprint density at radius 2 is 1.86 bits per heavy atom. The Hall–Kier alpha value is -2.12. The second-order valence-corrected chi connectivity index (χ2v) is 5.22. The lowest BCUT2D eigenvalue weighted by Crippen LogP contribution is -2.52. The number of nitrogens with two attached hydrogens (primary N) is 1. The molecule has 0 aromatic heterocycles. The number of carbonyl (C=O) groups is 4. The minimum Gasteiger partial charge on any atom is -0.481 e. The first-order valence-electron chi connectivity index (χ1n) is 6.79. The van der Waals surface area contributed by atoms with Gasteiger partial charge in [0.25, 0.3) is 0 Å². The molecule has 0 aromatic carbocycles. The van der Waals surface area contributed by atoms with Crippen LogP contribution in [0.15, 0.2) is 0 Å². The van der Waals surface area contributed by atoms with Gasteiger partial charge in [-0.15, -0.1) is 0 Å². The third-order valence-electron chi connectivity index (χ3n) is 2.84. The van der Waals surface area contributed by atoms with E-state index in [1.807, 2.05) is 13.8 Å². The second kappa shape index (κ2) is 9.73. The number of carboxylic acid groups (broad SMARTS) is 1. The smallest absolute Gasteiger partial charge is 0.303 e. The van der Waals surface area contributed by atoms with Crippen molar-refractivity contribution < 1.29 is 24.3 Å². The molecule has 0 radical (unpaired) electrons. The van der Waals surface area contributed by atoms with Crippen LogP contribution in [0.3, 0.4) is 0 Å². The van der Waals surface area contributed by atoms with Crippen molar-refractivity contribution in [3.8, 4) is 0 Å². The van der Waals surface area contributed by atoms with Crippen molar-refractivity contribution in [2.45, 2.75) is 51.6 Å². The quantitative estimate of drug-likeness (QED) is 0.376. The van der Waals surface area contributed by atoms with Crippen LogP contribution in [-0.4, -0.2) is 41.4 Å². The minimum atomic E-state index is -0.977. The Bertz CT molecular complexity index is 384. The van der Waals surface area contributed by atoms with E-state index >= 15 is 0 Å². The minimum absolute atomic E-state index is 0.102. The summed E-state index contributed by atoms with van der Waals surface area (Å²) in [6.45, 7) is 3.77. The highest BCUT2D eigenvalue weighted by molar-refractivity contribution is 5.89. The number of hydrogen-bond acceptors (Lipinski definition) is 4. The van der Waals surface area contributed by atoms with Gasteiger partial charge in [-0.25, -0.2) is 0 Å². The predicted octanol–water partition coefficient (Wildman–Crippen LogP) is -0.628. The first-order chi connectivity index (χ1) is 9.77. The van der Waals surface area contributed by atoms with Crippen LogP contribution < -0.4 is 16.4 Å². The van der Waals surface area contributed by atoms with Gasteiger partial charge in [-0.2, -0.15) is 0 Å². The lowest BCUT2D eigenvalue weighted by molar-refractivity contribution is -0.137. The maximum Gasteiger partial charge on any atom is 0.303 e. The van der Waals surface area contributed by atoms with E-state index in [1.165, 1.54) is 0 Å². The van der Waals surface area contributed by atoms with Gasteiger partial charge in [0.05, 0.1) is 0 Å². The van der Waals surface area contributed by atoms with E-state index < -0.39 is 29.9 Å². The average molecular weight is 301 g/mol. The lowest BCUT2D eigenvalue weighted by Gasteiger charge is -2.21. The second-order valence-electron chi connectivity index (χ2n) is 5.22. The number of hydrogen-bond donors (Lipinski definition) is 4. The lowest BCUT2D eigenvalue weighted by atomic mass is 10.0. The first-order valence-corrected chi connectivity index (χ1v) is 6.79. The molecule has 21 heavy (non-hydrogen) atoms. The molecular weight excluding hydrogens is 278 g/mol. The van der Waals surface area contributed by atoms with Crippen molar-refractivity contribution in [3.05, 3.63) is 0 Å². The Balaban J connectivity index is 4.59. The maximum atomic E-state index is 12.0. The van der Waals surface area contributed by atoms with E-state index in [-0.39, 0.29) is 25.2 Å². The molecule has 8 heteroatoms. The van der Waals surface area contributed by atoms with Crippen molar-refractivity contribution >= 4 is 24.2 Å². The fraction of sp³-hybridized carbons (Fsp3) is 0.692. The van der Waals surface area contributed by atoms with Crippen LogP contribution >= 0.6 is 0 Å². The molecule has 120 valence electrons. The molecule has 0 aliphatic rings. The zero-order valence-corrected chi connectivity index (χ0v) is 12.3. The highest BCUT2D eigenvalue weighted by Gasteiger charge is 2.24. The number of primary amides is 1. The molecule has 0 aliphatic heterocycles. The number of carboxylic acids is 1. The van der Waals surface area contributed by atoms with E-state index in [0.29, 0.717) is 12.8 Å². The van der Waals surface area contributed by atoms with Gasteiger partial charge >= 0.3 is 5.97 Å². The first kappa shape index (κ1) is 18.9. The van der Waals surface area contributed by atoms with Crippen LogP contribution in [0.25, 0.3) is 0 Å². The number of amides is 3. The van der Waals surface area contributed by atoms with Crippen LogP contribution in [-0.2, 0) is 19.2 Å². The van der Waals surface area contributed by atoms with E-state index in [2.05, 4.69) is 10.6 Å². The van der Waals surface area contributed by atoms with Crippen LogP contribution in [0.1, 0.15) is 39.5 Å². The molecule has 0 aliphatic carbocycles. The molecule has 0 saturated heterocycles. The number of nitrogens with one attached hydrogen (secondary N) is 2. The fourth-order valence-corrected chi connectivity index (χ4v) is 1.82. The topological polar surface area (TPSA) is 139 Å². The van der Waals surface area contributed by atoms with Crippen molar-refractivity contribution in [1.82, 2.24) is 10.6 Å². The summed E-state index contributed by atoms with van der Waals surface area (Å²) in [6.07, 6.45) is 1.07. The summed E-state index contributed by atoms with van der Waals surface area (Å²) in [5, 5.41) is 13.4. The van der Waals surface area contributed by atoms with Crippen LogP contribution in [0.4, 0.5) is 0 Å².